The molecule has 2 heteroatoms. The van der Waals surface area contributed by atoms with Crippen LogP contribution in [0.3, 0.4) is 0 Å². The maximum absolute atomic E-state index is 10.4. The Hall–Kier alpha value is -1.20. The van der Waals surface area contributed by atoms with E-state index in [-0.39, 0.29) is 0 Å². The van der Waals surface area contributed by atoms with E-state index in [9.17, 15) is 4.79 Å². The van der Waals surface area contributed by atoms with Gasteiger partial charge in [0.15, 0.2) is 0 Å². The van der Waals surface area contributed by atoms with Gasteiger partial charge in [-0.1, -0.05) is 29.8 Å². The zero-order chi connectivity index (χ0) is 8.81. The highest BCUT2D eigenvalue weighted by Crippen LogP contribution is 2.01. The van der Waals surface area contributed by atoms with Gasteiger partial charge in [0.25, 0.3) is 0 Å². The lowest BCUT2D eigenvalue weighted by Gasteiger charge is -1.90. The molecular weight excluding hydrogens is 168 g/mol. The summed E-state index contributed by atoms with van der Waals surface area (Å²) in [6.07, 6.45) is 2.74. The quantitative estimate of drug-likeness (QED) is 0.482. The smallest absolute Gasteiger partial charge is 0.150 e. The zero-order valence-electron chi connectivity index (χ0n) is 6.70. The van der Waals surface area contributed by atoms with Crippen LogP contribution < -0.4 is 0 Å². The van der Waals surface area contributed by atoms with Crippen molar-refractivity contribution < 1.29 is 4.79 Å². The van der Waals surface area contributed by atoms with Crippen LogP contribution >= 0.6 is 11.8 Å². The van der Waals surface area contributed by atoms with Gasteiger partial charge in [0.2, 0.25) is 0 Å². The molecule has 60 valence electrons. The third-order valence-corrected chi connectivity index (χ3v) is 1.63. The fraction of sp³-hybridized carbons (Fsp3) is 0.100. The van der Waals surface area contributed by atoms with Crippen LogP contribution in [0, 0.1) is 11.2 Å². The fourth-order valence-electron chi connectivity index (χ4n) is 0.800. The van der Waals surface area contributed by atoms with Gasteiger partial charge in [-0.25, -0.2) is 0 Å². The topological polar surface area (TPSA) is 17.1 Å². The molecule has 1 aromatic rings. The summed E-state index contributed by atoms with van der Waals surface area (Å²) in [5, 5.41) is 2.87. The highest BCUT2D eigenvalue weighted by molar-refractivity contribution is 8.03. The Bertz CT molecular complexity index is 333. The molecule has 0 spiro atoms. The van der Waals surface area contributed by atoms with Gasteiger partial charge in [-0.3, -0.25) is 4.79 Å². The summed E-state index contributed by atoms with van der Waals surface area (Å²) in [7, 11) is 0. The van der Waals surface area contributed by atoms with Crippen molar-refractivity contribution in [2.45, 2.75) is 0 Å². The van der Waals surface area contributed by atoms with Crippen molar-refractivity contribution in [2.24, 2.45) is 0 Å². The highest BCUT2D eigenvalue weighted by atomic mass is 32.2. The van der Waals surface area contributed by atoms with Gasteiger partial charge in [0.1, 0.15) is 6.29 Å². The van der Waals surface area contributed by atoms with Crippen molar-refractivity contribution in [3.8, 4) is 11.2 Å². The van der Waals surface area contributed by atoms with Crippen molar-refractivity contribution in [1.29, 1.82) is 0 Å². The maximum atomic E-state index is 10.4. The van der Waals surface area contributed by atoms with Crippen LogP contribution in [0.2, 0.25) is 0 Å². The first-order valence-corrected chi connectivity index (χ1v) is 4.68. The van der Waals surface area contributed by atoms with Crippen LogP contribution in [0.1, 0.15) is 15.9 Å². The molecule has 0 aliphatic rings. The Morgan fingerprint density at radius 2 is 2.33 bits per heavy atom. The van der Waals surface area contributed by atoms with Crippen molar-refractivity contribution in [2.75, 3.05) is 6.26 Å². The molecule has 0 saturated heterocycles. The van der Waals surface area contributed by atoms with E-state index in [0.29, 0.717) is 5.56 Å². The number of benzene rings is 1. The molecule has 1 nitrogen and oxygen atoms in total. The first-order chi connectivity index (χ1) is 5.86. The molecule has 0 aliphatic heterocycles. The van der Waals surface area contributed by atoms with E-state index in [0.717, 1.165) is 11.8 Å². The summed E-state index contributed by atoms with van der Waals surface area (Å²) in [6, 6.07) is 7.25. The van der Waals surface area contributed by atoms with Crippen LogP contribution in [-0.2, 0) is 0 Å². The van der Waals surface area contributed by atoms with Crippen LogP contribution in [0.25, 0.3) is 0 Å². The molecule has 0 N–H and O–H groups in total. The highest BCUT2D eigenvalue weighted by Gasteiger charge is 1.89. The molecule has 1 aromatic carbocycles. The van der Waals surface area contributed by atoms with E-state index in [1.54, 1.807) is 12.1 Å². The standard InChI is InChI=1S/C10H8OS/c1-12-6-5-9-3-2-4-10(7-9)8-11/h2-4,7-8H,1H3. The summed E-state index contributed by atoms with van der Waals surface area (Å²) in [4.78, 5) is 10.4. The van der Waals surface area contributed by atoms with Crippen molar-refractivity contribution in [3.05, 3.63) is 35.4 Å². The number of carbonyl (C=O) groups is 1. The second kappa shape index (κ2) is 4.63. The summed E-state index contributed by atoms with van der Waals surface area (Å²) in [5.41, 5.74) is 1.55. The molecule has 1 rings (SSSR count). The minimum absolute atomic E-state index is 0.669. The van der Waals surface area contributed by atoms with Gasteiger partial charge < -0.3 is 0 Å². The minimum Gasteiger partial charge on any atom is -0.298 e. The SMILES string of the molecule is CSC#Cc1cccc(C=O)c1. The average Bonchev–Trinajstić information content (AvgIpc) is 2.15. The summed E-state index contributed by atoms with van der Waals surface area (Å²) in [5.74, 6) is 2.92. The van der Waals surface area contributed by atoms with Crippen LogP contribution in [-0.4, -0.2) is 12.5 Å². The molecule has 0 fully saturated rings. The fourth-order valence-corrected chi connectivity index (χ4v) is 1.02. The number of hydrogen-bond acceptors (Lipinski definition) is 2. The van der Waals surface area contributed by atoms with Crippen LogP contribution in [0.15, 0.2) is 24.3 Å². The Morgan fingerprint density at radius 3 is 3.00 bits per heavy atom. The van der Waals surface area contributed by atoms with Gasteiger partial charge in [0, 0.05) is 11.1 Å². The van der Waals surface area contributed by atoms with E-state index in [1.165, 1.54) is 11.8 Å². The zero-order valence-corrected chi connectivity index (χ0v) is 7.52. The predicted octanol–water partition coefficient (Wildman–Crippen LogP) is 2.17. The molecule has 0 aromatic heterocycles. The molecule has 12 heavy (non-hydrogen) atoms. The second-order valence-corrected chi connectivity index (χ2v) is 2.79. The average molecular weight is 176 g/mol. The molecule has 0 bridgehead atoms. The third kappa shape index (κ3) is 2.44. The lowest BCUT2D eigenvalue weighted by atomic mass is 10.1. The van der Waals surface area contributed by atoms with E-state index in [2.05, 4.69) is 11.2 Å². The first-order valence-electron chi connectivity index (χ1n) is 3.46. The third-order valence-electron chi connectivity index (χ3n) is 1.32. The normalized spacial score (nSPS) is 8.42. The monoisotopic (exact) mass is 176 g/mol. The first kappa shape index (κ1) is 8.89. The molecule has 0 heterocycles. The van der Waals surface area contributed by atoms with E-state index in [1.807, 2.05) is 18.4 Å². The van der Waals surface area contributed by atoms with Crippen LogP contribution in [0.4, 0.5) is 0 Å². The van der Waals surface area contributed by atoms with Crippen molar-refractivity contribution in [1.82, 2.24) is 0 Å². The van der Waals surface area contributed by atoms with E-state index < -0.39 is 0 Å². The van der Waals surface area contributed by atoms with Gasteiger partial charge in [0.05, 0.1) is 0 Å². The van der Waals surface area contributed by atoms with Gasteiger partial charge >= 0.3 is 0 Å². The second-order valence-electron chi connectivity index (χ2n) is 2.17. The Morgan fingerprint density at radius 1 is 1.50 bits per heavy atom. The summed E-state index contributed by atoms with van der Waals surface area (Å²) < 4.78 is 0. The van der Waals surface area contributed by atoms with Gasteiger partial charge in [-0.2, -0.15) is 0 Å². The Labute approximate surface area is 76.2 Å². The number of rotatable bonds is 1. The van der Waals surface area contributed by atoms with E-state index >= 15 is 0 Å². The number of hydrogen-bond donors (Lipinski definition) is 0. The van der Waals surface area contributed by atoms with Crippen LogP contribution in [0.5, 0.6) is 0 Å². The predicted molar refractivity (Wildman–Crippen MR) is 52.2 cm³/mol. The molecule has 0 amide bonds. The Kier molecular flexibility index (Phi) is 3.43. The van der Waals surface area contributed by atoms with Gasteiger partial charge in [-0.05, 0) is 23.6 Å². The lowest BCUT2D eigenvalue weighted by molar-refractivity contribution is 0.112. The lowest BCUT2D eigenvalue weighted by Crippen LogP contribution is -1.80. The molecule has 0 unspecified atom stereocenters. The van der Waals surface area contributed by atoms with Crippen molar-refractivity contribution in [3.63, 3.8) is 0 Å². The van der Waals surface area contributed by atoms with E-state index in [4.69, 9.17) is 0 Å². The Balaban J connectivity index is 2.93. The molecule has 0 radical (unpaired) electrons. The summed E-state index contributed by atoms with van der Waals surface area (Å²) >= 11 is 1.46. The molecule has 0 atom stereocenters. The van der Waals surface area contributed by atoms with Crippen molar-refractivity contribution >= 4 is 18.0 Å². The molecule has 0 saturated carbocycles. The number of thioether (sulfide) groups is 1. The maximum Gasteiger partial charge on any atom is 0.150 e. The van der Waals surface area contributed by atoms with Gasteiger partial charge in [-0.15, -0.1) is 0 Å². The number of carbonyl (C=O) groups excluding carboxylic acids is 1. The minimum atomic E-state index is 0.669. The molecular formula is C10H8OS. The molecule has 0 aliphatic carbocycles. The number of aldehydes is 1. The summed E-state index contributed by atoms with van der Waals surface area (Å²) in [6.45, 7) is 0. The largest absolute Gasteiger partial charge is 0.298 e.